The van der Waals surface area contributed by atoms with E-state index in [0.29, 0.717) is 5.15 Å². The fraction of sp³-hybridized carbons (Fsp3) is 0.250. The number of nitrogens with zero attached hydrogens (tertiary/aromatic N) is 3. The van der Waals surface area contributed by atoms with Gasteiger partial charge < -0.3 is 4.74 Å². The molecule has 106 valence electrons. The highest BCUT2D eigenvalue weighted by molar-refractivity contribution is 6.30. The first-order valence-electron chi connectivity index (χ1n) is 7.04. The Morgan fingerprint density at radius 2 is 2.05 bits per heavy atom. The molecule has 1 aromatic carbocycles. The Bertz CT molecular complexity index is 779. The molecule has 0 amide bonds. The van der Waals surface area contributed by atoms with Crippen LogP contribution in [0.3, 0.4) is 0 Å². The van der Waals surface area contributed by atoms with Crippen molar-refractivity contribution in [2.45, 2.75) is 18.9 Å². The largest absolute Gasteiger partial charge is 0.372 e. The predicted molar refractivity (Wildman–Crippen MR) is 81.4 cm³/mol. The minimum atomic E-state index is 0.0722. The SMILES string of the molecule is Clc1cc(-c2ccccc2)nc2cc(C3CCCO3)nn12. The van der Waals surface area contributed by atoms with Gasteiger partial charge in [-0.05, 0) is 12.8 Å². The molecule has 0 aliphatic carbocycles. The van der Waals surface area contributed by atoms with Gasteiger partial charge in [-0.2, -0.15) is 5.10 Å². The lowest BCUT2D eigenvalue weighted by atomic mass is 10.1. The standard InChI is InChI=1S/C16H14ClN3O/c17-15-9-12(11-5-2-1-3-6-11)18-16-10-13(19-20(15)16)14-7-4-8-21-14/h1-3,5-6,9-10,14H,4,7-8H2. The van der Waals surface area contributed by atoms with Crippen LogP contribution in [0.1, 0.15) is 24.6 Å². The molecule has 5 heteroatoms. The van der Waals surface area contributed by atoms with Crippen LogP contribution in [0.5, 0.6) is 0 Å². The summed E-state index contributed by atoms with van der Waals surface area (Å²) in [5, 5.41) is 5.08. The third-order valence-electron chi connectivity index (χ3n) is 3.73. The minimum absolute atomic E-state index is 0.0722. The Hall–Kier alpha value is -1.91. The average Bonchev–Trinajstić information content (AvgIpc) is 3.17. The van der Waals surface area contributed by atoms with Crippen molar-refractivity contribution in [3.63, 3.8) is 0 Å². The molecule has 0 saturated carbocycles. The highest BCUT2D eigenvalue weighted by Gasteiger charge is 2.21. The second-order valence-corrected chi connectivity index (χ2v) is 5.56. The van der Waals surface area contributed by atoms with Crippen LogP contribution in [0.2, 0.25) is 5.15 Å². The summed E-state index contributed by atoms with van der Waals surface area (Å²) in [7, 11) is 0. The molecule has 3 aromatic rings. The van der Waals surface area contributed by atoms with Crippen LogP contribution >= 0.6 is 11.6 Å². The van der Waals surface area contributed by atoms with E-state index in [0.717, 1.165) is 42.0 Å². The van der Waals surface area contributed by atoms with Crippen molar-refractivity contribution in [2.75, 3.05) is 6.61 Å². The quantitative estimate of drug-likeness (QED) is 0.674. The van der Waals surface area contributed by atoms with Crippen molar-refractivity contribution >= 4 is 17.2 Å². The molecule has 1 atom stereocenters. The maximum absolute atomic E-state index is 6.35. The van der Waals surface area contributed by atoms with Gasteiger partial charge in [-0.1, -0.05) is 41.9 Å². The van der Waals surface area contributed by atoms with Gasteiger partial charge in [0.2, 0.25) is 0 Å². The summed E-state index contributed by atoms with van der Waals surface area (Å²) in [6, 6.07) is 13.8. The lowest BCUT2D eigenvalue weighted by molar-refractivity contribution is 0.108. The van der Waals surface area contributed by atoms with Gasteiger partial charge in [-0.25, -0.2) is 9.50 Å². The first-order valence-corrected chi connectivity index (χ1v) is 7.42. The van der Waals surface area contributed by atoms with E-state index in [1.165, 1.54) is 0 Å². The van der Waals surface area contributed by atoms with Crippen LogP contribution in [-0.4, -0.2) is 21.2 Å². The number of aromatic nitrogens is 3. The van der Waals surface area contributed by atoms with Crippen molar-refractivity contribution in [3.8, 4) is 11.3 Å². The lowest BCUT2D eigenvalue weighted by Gasteiger charge is -2.04. The Morgan fingerprint density at radius 1 is 1.19 bits per heavy atom. The third kappa shape index (κ3) is 2.30. The first kappa shape index (κ1) is 12.8. The van der Waals surface area contributed by atoms with E-state index in [-0.39, 0.29) is 6.10 Å². The molecule has 21 heavy (non-hydrogen) atoms. The maximum Gasteiger partial charge on any atom is 0.157 e. The van der Waals surface area contributed by atoms with Gasteiger partial charge in [0.05, 0.1) is 11.4 Å². The number of halogens is 1. The van der Waals surface area contributed by atoms with Crippen LogP contribution in [0, 0.1) is 0 Å². The number of rotatable bonds is 2. The van der Waals surface area contributed by atoms with Gasteiger partial charge >= 0.3 is 0 Å². The first-order chi connectivity index (χ1) is 10.3. The Balaban J connectivity index is 1.82. The minimum Gasteiger partial charge on any atom is -0.372 e. The maximum atomic E-state index is 6.35. The molecule has 0 bridgehead atoms. The molecule has 1 aliphatic rings. The lowest BCUT2D eigenvalue weighted by Crippen LogP contribution is -1.98. The second kappa shape index (κ2) is 5.13. The number of fused-ring (bicyclic) bond motifs is 1. The summed E-state index contributed by atoms with van der Waals surface area (Å²) >= 11 is 6.35. The van der Waals surface area contributed by atoms with Gasteiger partial charge in [-0.15, -0.1) is 0 Å². The Morgan fingerprint density at radius 3 is 2.81 bits per heavy atom. The summed E-state index contributed by atoms with van der Waals surface area (Å²) in [5.74, 6) is 0. The molecule has 1 aliphatic heterocycles. The molecule has 0 N–H and O–H groups in total. The molecule has 1 unspecified atom stereocenters. The highest BCUT2D eigenvalue weighted by Crippen LogP contribution is 2.29. The zero-order chi connectivity index (χ0) is 14.2. The van der Waals surface area contributed by atoms with E-state index < -0.39 is 0 Å². The zero-order valence-corrected chi connectivity index (χ0v) is 12.1. The van der Waals surface area contributed by atoms with Crippen molar-refractivity contribution in [2.24, 2.45) is 0 Å². The number of ether oxygens (including phenoxy) is 1. The van der Waals surface area contributed by atoms with Crippen LogP contribution in [0.4, 0.5) is 0 Å². The monoisotopic (exact) mass is 299 g/mol. The number of hydrogen-bond acceptors (Lipinski definition) is 3. The fourth-order valence-electron chi connectivity index (χ4n) is 2.68. The van der Waals surface area contributed by atoms with E-state index in [1.807, 2.05) is 42.5 Å². The molecule has 0 spiro atoms. The van der Waals surface area contributed by atoms with Crippen LogP contribution in [-0.2, 0) is 4.74 Å². The number of hydrogen-bond donors (Lipinski definition) is 0. The average molecular weight is 300 g/mol. The molecule has 4 nitrogen and oxygen atoms in total. The van der Waals surface area contributed by atoms with Gasteiger partial charge in [0.25, 0.3) is 0 Å². The summed E-state index contributed by atoms with van der Waals surface area (Å²) in [6.07, 6.45) is 2.16. The molecule has 1 fully saturated rings. The van der Waals surface area contributed by atoms with Gasteiger partial charge in [-0.3, -0.25) is 0 Å². The van der Waals surface area contributed by atoms with Crippen molar-refractivity contribution in [3.05, 3.63) is 53.3 Å². The predicted octanol–water partition coefficient (Wildman–Crippen LogP) is 3.90. The molecule has 0 radical (unpaired) electrons. The molecular weight excluding hydrogens is 286 g/mol. The molecule has 1 saturated heterocycles. The summed E-state index contributed by atoms with van der Waals surface area (Å²) in [6.45, 7) is 0.801. The Kier molecular flexibility index (Phi) is 3.13. The third-order valence-corrected chi connectivity index (χ3v) is 4.00. The molecule has 4 rings (SSSR count). The fourth-order valence-corrected chi connectivity index (χ4v) is 2.91. The van der Waals surface area contributed by atoms with E-state index in [4.69, 9.17) is 16.3 Å². The summed E-state index contributed by atoms with van der Waals surface area (Å²) in [5.41, 5.74) is 3.56. The van der Waals surface area contributed by atoms with Crippen molar-refractivity contribution in [1.29, 1.82) is 0 Å². The molecular formula is C16H14ClN3O. The Labute approximate surface area is 127 Å². The van der Waals surface area contributed by atoms with Crippen molar-refractivity contribution in [1.82, 2.24) is 14.6 Å². The highest BCUT2D eigenvalue weighted by atomic mass is 35.5. The topological polar surface area (TPSA) is 39.4 Å². The van der Waals surface area contributed by atoms with Crippen LogP contribution in [0.15, 0.2) is 42.5 Å². The smallest absolute Gasteiger partial charge is 0.157 e. The zero-order valence-electron chi connectivity index (χ0n) is 11.4. The summed E-state index contributed by atoms with van der Waals surface area (Å²) < 4.78 is 7.35. The van der Waals surface area contributed by atoms with Crippen LogP contribution in [0.25, 0.3) is 16.9 Å². The van der Waals surface area contributed by atoms with E-state index >= 15 is 0 Å². The van der Waals surface area contributed by atoms with E-state index in [9.17, 15) is 0 Å². The van der Waals surface area contributed by atoms with Gasteiger partial charge in [0.15, 0.2) is 5.65 Å². The number of benzene rings is 1. The van der Waals surface area contributed by atoms with Gasteiger partial charge in [0, 0.05) is 24.3 Å². The molecule has 3 heterocycles. The normalized spacial score (nSPS) is 18.4. The molecule has 2 aromatic heterocycles. The van der Waals surface area contributed by atoms with Crippen molar-refractivity contribution < 1.29 is 4.74 Å². The van der Waals surface area contributed by atoms with E-state index in [1.54, 1.807) is 4.52 Å². The van der Waals surface area contributed by atoms with Gasteiger partial charge in [0.1, 0.15) is 11.3 Å². The van der Waals surface area contributed by atoms with E-state index in [2.05, 4.69) is 10.1 Å². The van der Waals surface area contributed by atoms with Crippen LogP contribution < -0.4 is 0 Å². The summed E-state index contributed by atoms with van der Waals surface area (Å²) in [4.78, 5) is 4.66. The second-order valence-electron chi connectivity index (χ2n) is 5.17.